The van der Waals surface area contributed by atoms with Crippen LogP contribution in [0.4, 0.5) is 0 Å². The molecule has 0 aliphatic carbocycles. The molecule has 0 N–H and O–H groups in total. The molecule has 0 saturated carbocycles. The predicted molar refractivity (Wildman–Crippen MR) is 29.0 cm³/mol. The summed E-state index contributed by atoms with van der Waals surface area (Å²) in [6.07, 6.45) is -0.437. The van der Waals surface area contributed by atoms with Crippen LogP contribution < -0.4 is 0 Å². The highest BCUT2D eigenvalue weighted by atomic mass is 14.7. The maximum atomic E-state index is 8.40. The first-order chi connectivity index (χ1) is 5.57. The van der Waals surface area contributed by atoms with Crippen molar-refractivity contribution in [2.45, 2.75) is 0 Å². The quantitative estimate of drug-likeness (QED) is 0.496. The fourth-order valence-electron chi connectivity index (χ4n) is 0.283. The van der Waals surface area contributed by atoms with Gasteiger partial charge >= 0.3 is 0 Å². The summed E-state index contributed by atoms with van der Waals surface area (Å²) in [6.45, 7) is 0. The molecule has 38 valence electrons. The molecule has 0 saturated heterocycles. The van der Waals surface area contributed by atoms with E-state index < -0.39 is 24.3 Å². The number of hydrogen-bond donors (Lipinski definition) is 0. The van der Waals surface area contributed by atoms with Crippen LogP contribution in [-0.2, 0) is 0 Å². The van der Waals surface area contributed by atoms with Crippen molar-refractivity contribution in [2.75, 3.05) is 0 Å². The summed E-state index contributed by atoms with van der Waals surface area (Å²) < 4.78 is 28.4. The summed E-state index contributed by atoms with van der Waals surface area (Å²) in [4.78, 5) is 3.36. The predicted octanol–water partition coefficient (Wildman–Crippen LogP) is 0.953. The van der Waals surface area contributed by atoms with Crippen LogP contribution in [0.3, 0.4) is 0 Å². The molecule has 2 nitrogen and oxygen atoms in total. The van der Waals surface area contributed by atoms with E-state index in [9.17, 15) is 0 Å². The van der Waals surface area contributed by atoms with Crippen LogP contribution in [0.5, 0.6) is 0 Å². The summed E-state index contributed by atoms with van der Waals surface area (Å²) in [5.41, 5.74) is -0.277. The standard InChI is InChI=1S/C6H4N2/c7-5-6-3-1-2-4-8-6/h1-4H/i1D,2D,3D,4D. The van der Waals surface area contributed by atoms with Gasteiger partial charge in [0, 0.05) is 6.17 Å². The van der Waals surface area contributed by atoms with Crippen LogP contribution >= 0.6 is 0 Å². The molecule has 1 aromatic heterocycles. The molecule has 0 bridgehead atoms. The van der Waals surface area contributed by atoms with Crippen molar-refractivity contribution in [1.29, 1.82) is 5.26 Å². The molecule has 1 heterocycles. The Kier molecular flexibility index (Phi) is 0.485. The fraction of sp³-hybridized carbons (Fsp3) is 0. The molecule has 0 fully saturated rings. The number of rotatable bonds is 0. The Morgan fingerprint density at radius 2 is 2.62 bits per heavy atom. The molecular weight excluding hydrogens is 100 g/mol. The molecule has 0 unspecified atom stereocenters. The Hall–Kier alpha value is -1.36. The van der Waals surface area contributed by atoms with Gasteiger partial charge in [-0.25, -0.2) is 4.98 Å². The van der Waals surface area contributed by atoms with Gasteiger partial charge in [-0.1, -0.05) is 6.04 Å². The van der Waals surface area contributed by atoms with Crippen LogP contribution in [0.1, 0.15) is 11.2 Å². The van der Waals surface area contributed by atoms with Gasteiger partial charge in [-0.3, -0.25) is 0 Å². The number of nitriles is 1. The van der Waals surface area contributed by atoms with Crippen molar-refractivity contribution < 1.29 is 5.48 Å². The van der Waals surface area contributed by atoms with Crippen molar-refractivity contribution in [1.82, 2.24) is 4.98 Å². The largest absolute Gasteiger partial charge is 0.246 e. The van der Waals surface area contributed by atoms with Crippen LogP contribution in [-0.4, -0.2) is 4.98 Å². The van der Waals surface area contributed by atoms with Gasteiger partial charge in [0.05, 0.1) is 5.48 Å². The lowest BCUT2D eigenvalue weighted by molar-refractivity contribution is 1.26. The Morgan fingerprint density at radius 3 is 3.38 bits per heavy atom. The SMILES string of the molecule is [2H]c1nc(C#N)c([2H])c([2H])c1[2H]. The van der Waals surface area contributed by atoms with Gasteiger partial charge in [-0.15, -0.1) is 0 Å². The van der Waals surface area contributed by atoms with Gasteiger partial charge in [0.1, 0.15) is 11.8 Å². The topological polar surface area (TPSA) is 36.7 Å². The van der Waals surface area contributed by atoms with Gasteiger partial charge in [0.15, 0.2) is 0 Å². The molecule has 8 heavy (non-hydrogen) atoms. The second-order valence-corrected chi connectivity index (χ2v) is 1.06. The normalized spacial score (nSPS) is 14.9. The first-order valence-corrected chi connectivity index (χ1v) is 1.92. The van der Waals surface area contributed by atoms with Crippen molar-refractivity contribution in [3.8, 4) is 6.07 Å². The molecule has 0 atom stereocenters. The third-order valence-electron chi connectivity index (χ3n) is 0.573. The van der Waals surface area contributed by atoms with Crippen molar-refractivity contribution >= 4 is 0 Å². The zero-order valence-corrected chi connectivity index (χ0v) is 3.89. The average Bonchev–Trinajstić information content (AvgIpc) is 2.08. The van der Waals surface area contributed by atoms with E-state index in [0.717, 1.165) is 0 Å². The number of pyridine rings is 1. The van der Waals surface area contributed by atoms with Gasteiger partial charge in [0.2, 0.25) is 0 Å². The number of nitrogens with zero attached hydrogens (tertiary/aromatic N) is 2. The van der Waals surface area contributed by atoms with Crippen molar-refractivity contribution in [2.24, 2.45) is 0 Å². The molecule has 1 aromatic rings. The molecule has 1 rings (SSSR count). The minimum absolute atomic E-state index is 0.277. The summed E-state index contributed by atoms with van der Waals surface area (Å²) in [5.74, 6) is 0. The third kappa shape index (κ3) is 0.824. The fourth-order valence-corrected chi connectivity index (χ4v) is 0.283. The highest BCUT2D eigenvalue weighted by Gasteiger charge is 1.81. The minimum Gasteiger partial charge on any atom is -0.246 e. The van der Waals surface area contributed by atoms with Crippen LogP contribution in [0.15, 0.2) is 24.3 Å². The Bertz CT molecular complexity index is 369. The maximum Gasteiger partial charge on any atom is 0.140 e. The highest BCUT2D eigenvalue weighted by molar-refractivity contribution is 5.18. The zero-order chi connectivity index (χ0) is 9.30. The molecule has 0 aliphatic rings. The summed E-state index contributed by atoms with van der Waals surface area (Å²) in [7, 11) is 0. The first-order valence-electron chi connectivity index (χ1n) is 3.92. The molecule has 0 amide bonds. The highest BCUT2D eigenvalue weighted by Crippen LogP contribution is 1.86. The van der Waals surface area contributed by atoms with Crippen molar-refractivity contribution in [3.63, 3.8) is 0 Å². The van der Waals surface area contributed by atoms with Crippen LogP contribution in [0.25, 0.3) is 0 Å². The van der Waals surface area contributed by atoms with Crippen molar-refractivity contribution in [3.05, 3.63) is 30.0 Å². The summed E-state index contributed by atoms with van der Waals surface area (Å²) >= 11 is 0. The van der Waals surface area contributed by atoms with E-state index in [4.69, 9.17) is 10.7 Å². The summed E-state index contributed by atoms with van der Waals surface area (Å²) in [6, 6.07) is 0.350. The second-order valence-electron chi connectivity index (χ2n) is 1.06. The third-order valence-corrected chi connectivity index (χ3v) is 0.573. The molecule has 0 aromatic carbocycles. The van der Waals surface area contributed by atoms with Gasteiger partial charge in [-0.05, 0) is 12.1 Å². The molecule has 0 aliphatic heterocycles. The van der Waals surface area contributed by atoms with E-state index in [1.807, 2.05) is 0 Å². The number of aromatic nitrogens is 1. The average molecular weight is 108 g/mol. The second kappa shape index (κ2) is 2.08. The molecule has 0 spiro atoms. The van der Waals surface area contributed by atoms with Gasteiger partial charge < -0.3 is 0 Å². The molecule has 2 heteroatoms. The summed E-state index contributed by atoms with van der Waals surface area (Å²) in [5, 5.41) is 8.40. The van der Waals surface area contributed by atoms with E-state index in [0.29, 0.717) is 0 Å². The monoisotopic (exact) mass is 108 g/mol. The lowest BCUT2D eigenvalue weighted by Crippen LogP contribution is -1.75. The van der Waals surface area contributed by atoms with E-state index in [2.05, 4.69) is 4.98 Å². The smallest absolute Gasteiger partial charge is 0.140 e. The molecular formula is C6H4N2. The Balaban J connectivity index is 3.52. The zero-order valence-electron chi connectivity index (χ0n) is 7.89. The van der Waals surface area contributed by atoms with Gasteiger partial charge in [-0.2, -0.15) is 5.26 Å². The lowest BCUT2D eigenvalue weighted by atomic mass is 10.4. The number of hydrogen-bond acceptors (Lipinski definition) is 2. The Morgan fingerprint density at radius 1 is 1.75 bits per heavy atom. The van der Waals surface area contributed by atoms with E-state index >= 15 is 0 Å². The minimum atomic E-state index is -0.437. The van der Waals surface area contributed by atoms with Crippen LogP contribution in [0.2, 0.25) is 0 Å². The first kappa shape index (κ1) is 1.87. The van der Waals surface area contributed by atoms with E-state index in [-0.39, 0.29) is 5.69 Å². The van der Waals surface area contributed by atoms with Gasteiger partial charge in [0.25, 0.3) is 0 Å². The van der Waals surface area contributed by atoms with Crippen LogP contribution in [0, 0.1) is 11.3 Å². The maximum absolute atomic E-state index is 8.40. The molecule has 0 radical (unpaired) electrons. The van der Waals surface area contributed by atoms with E-state index in [1.54, 1.807) is 6.07 Å². The Labute approximate surface area is 53.0 Å². The lowest BCUT2D eigenvalue weighted by Gasteiger charge is -1.79. The van der Waals surface area contributed by atoms with E-state index in [1.165, 1.54) is 0 Å².